The molecule has 4 aromatic rings. The third-order valence-electron chi connectivity index (χ3n) is 6.91. The summed E-state index contributed by atoms with van der Waals surface area (Å²) in [5.41, 5.74) is 3.55. The van der Waals surface area contributed by atoms with E-state index in [1.165, 1.54) is 18.4 Å². The van der Waals surface area contributed by atoms with Crippen LogP contribution in [0.3, 0.4) is 0 Å². The van der Waals surface area contributed by atoms with E-state index in [9.17, 15) is 23.1 Å². The molecule has 40 heavy (non-hydrogen) atoms. The Hall–Kier alpha value is -4.37. The van der Waals surface area contributed by atoms with Crippen LogP contribution in [0, 0.1) is 0 Å². The number of allylic oxidation sites excluding steroid dienone is 1. The molecule has 0 unspecified atom stereocenters. The Balaban J connectivity index is 1.47. The Morgan fingerprint density at radius 1 is 1.05 bits per heavy atom. The fourth-order valence-electron chi connectivity index (χ4n) is 4.82. The number of aromatic amines is 1. The first-order valence-electron chi connectivity index (χ1n) is 13.0. The number of alkyl halides is 3. The van der Waals surface area contributed by atoms with Crippen molar-refractivity contribution in [3.63, 3.8) is 0 Å². The van der Waals surface area contributed by atoms with Gasteiger partial charge in [-0.15, -0.1) is 0 Å². The average molecular weight is 547 g/mol. The summed E-state index contributed by atoms with van der Waals surface area (Å²) in [6.07, 6.45) is -1.60. The third-order valence-corrected chi connectivity index (χ3v) is 6.91. The highest BCUT2D eigenvalue weighted by molar-refractivity contribution is 6.22. The molecular weight excluding hydrogens is 517 g/mol. The van der Waals surface area contributed by atoms with Gasteiger partial charge in [0.25, 0.3) is 0 Å². The van der Waals surface area contributed by atoms with E-state index in [0.717, 1.165) is 37.8 Å². The van der Waals surface area contributed by atoms with E-state index >= 15 is 0 Å². The smallest absolute Gasteiger partial charge is 0.412 e. The van der Waals surface area contributed by atoms with Gasteiger partial charge >= 0.3 is 6.18 Å². The van der Waals surface area contributed by atoms with Crippen molar-refractivity contribution in [1.82, 2.24) is 9.88 Å². The number of carbonyl (C=O) groups is 1. The molecule has 1 saturated heterocycles. The van der Waals surface area contributed by atoms with E-state index in [-0.39, 0.29) is 11.6 Å². The second kappa shape index (κ2) is 11.4. The molecule has 1 aliphatic rings. The number of fused-ring (bicyclic) bond motifs is 1. The van der Waals surface area contributed by atoms with Gasteiger partial charge in [0.1, 0.15) is 0 Å². The second-order valence-electron chi connectivity index (χ2n) is 9.90. The Labute approximate surface area is 229 Å². The number of aromatic nitrogens is 1. The van der Waals surface area contributed by atoms with Crippen LogP contribution >= 0.6 is 0 Å². The van der Waals surface area contributed by atoms with Crippen molar-refractivity contribution in [2.24, 2.45) is 4.99 Å². The monoisotopic (exact) mass is 546 g/mol. The van der Waals surface area contributed by atoms with E-state index in [1.54, 1.807) is 18.2 Å². The van der Waals surface area contributed by atoms with Gasteiger partial charge in [-0.05, 0) is 68.8 Å². The summed E-state index contributed by atoms with van der Waals surface area (Å²) in [4.78, 5) is 22.4. The number of nitrogens with zero attached hydrogens (tertiary/aromatic N) is 2. The predicted molar refractivity (Wildman–Crippen MR) is 151 cm³/mol. The van der Waals surface area contributed by atoms with Gasteiger partial charge in [-0.2, -0.15) is 13.2 Å². The second-order valence-corrected chi connectivity index (χ2v) is 9.90. The van der Waals surface area contributed by atoms with E-state index in [2.05, 4.69) is 27.3 Å². The molecule has 0 saturated carbocycles. The third kappa shape index (κ3) is 6.26. The van der Waals surface area contributed by atoms with Gasteiger partial charge in [0, 0.05) is 34.8 Å². The molecular formula is C31H29F3N4O2. The van der Waals surface area contributed by atoms with Gasteiger partial charge in [-0.1, -0.05) is 42.5 Å². The highest BCUT2D eigenvalue weighted by Gasteiger charge is 2.30. The molecule has 1 aromatic heterocycles. The summed E-state index contributed by atoms with van der Waals surface area (Å²) >= 11 is 0. The molecule has 5 rings (SSSR count). The van der Waals surface area contributed by atoms with Crippen LogP contribution in [0.4, 0.5) is 24.5 Å². The van der Waals surface area contributed by atoms with E-state index < -0.39 is 17.7 Å². The molecule has 0 spiro atoms. The van der Waals surface area contributed by atoms with Crippen LogP contribution in [-0.4, -0.2) is 45.9 Å². The van der Waals surface area contributed by atoms with Gasteiger partial charge in [-0.25, -0.2) is 4.99 Å². The number of hydrogen-bond acceptors (Lipinski definition) is 4. The van der Waals surface area contributed by atoms with Crippen molar-refractivity contribution < 1.29 is 23.1 Å². The summed E-state index contributed by atoms with van der Waals surface area (Å²) in [6.45, 7) is 3.98. The molecule has 6 nitrogen and oxygen atoms in total. The lowest BCUT2D eigenvalue weighted by molar-refractivity contribution is -0.113. The van der Waals surface area contributed by atoms with Crippen LogP contribution in [0.15, 0.2) is 89.4 Å². The molecule has 2 heterocycles. The van der Waals surface area contributed by atoms with Crippen molar-refractivity contribution >= 4 is 33.9 Å². The standard InChI is InChI=1S/C31H29F3N4O2/c1-20(31(32,33)34)17-27(39)35-24-13-14-25-26(18-24)37-30(40)28(25)29(22-7-3-2-4-8-22)36-23-11-9-21(10-12-23)19-38-15-5-6-16-38/h2-4,7-14,17-18,37,40H,5-6,15-16,19H2,1H3,(H,35,39)/b20-17+,36-29?. The van der Waals surface area contributed by atoms with Gasteiger partial charge in [0.05, 0.1) is 22.5 Å². The highest BCUT2D eigenvalue weighted by Crippen LogP contribution is 2.33. The number of halogens is 3. The summed E-state index contributed by atoms with van der Waals surface area (Å²) in [5, 5.41) is 14.1. The van der Waals surface area contributed by atoms with Crippen LogP contribution in [0.1, 0.15) is 36.5 Å². The number of nitrogens with one attached hydrogen (secondary N) is 2. The minimum atomic E-state index is -4.58. The van der Waals surface area contributed by atoms with E-state index in [1.807, 2.05) is 42.5 Å². The first-order valence-corrected chi connectivity index (χ1v) is 13.0. The van der Waals surface area contributed by atoms with Gasteiger partial charge < -0.3 is 15.4 Å². The number of aliphatic imine (C=N–C) groups is 1. The van der Waals surface area contributed by atoms with Crippen LogP contribution < -0.4 is 5.32 Å². The molecule has 1 fully saturated rings. The molecule has 0 atom stereocenters. The Bertz CT molecular complexity index is 1570. The fraction of sp³-hybridized carbons (Fsp3) is 0.226. The van der Waals surface area contributed by atoms with Gasteiger partial charge in [0.15, 0.2) is 5.88 Å². The molecule has 1 amide bonds. The summed E-state index contributed by atoms with van der Waals surface area (Å²) in [6, 6.07) is 22.4. The number of rotatable bonds is 7. The molecule has 0 bridgehead atoms. The minimum absolute atomic E-state index is 0.112. The molecule has 0 radical (unpaired) electrons. The number of likely N-dealkylation sites (tertiary alicyclic amines) is 1. The number of benzene rings is 3. The molecule has 9 heteroatoms. The zero-order valence-electron chi connectivity index (χ0n) is 21.9. The predicted octanol–water partition coefficient (Wildman–Crippen LogP) is 7.09. The van der Waals surface area contributed by atoms with E-state index in [0.29, 0.717) is 28.3 Å². The Morgan fingerprint density at radius 3 is 2.42 bits per heavy atom. The molecule has 3 N–H and O–H groups in total. The van der Waals surface area contributed by atoms with Crippen molar-refractivity contribution in [3.8, 4) is 5.88 Å². The molecule has 3 aromatic carbocycles. The number of carbonyl (C=O) groups excluding carboxylic acids is 1. The highest BCUT2D eigenvalue weighted by atomic mass is 19.4. The minimum Gasteiger partial charge on any atom is -0.494 e. The average Bonchev–Trinajstić information content (AvgIpc) is 3.54. The number of aromatic hydroxyl groups is 1. The van der Waals surface area contributed by atoms with Crippen molar-refractivity contribution in [2.45, 2.75) is 32.5 Å². The lowest BCUT2D eigenvalue weighted by Gasteiger charge is -2.14. The maximum Gasteiger partial charge on any atom is 0.412 e. The molecule has 1 aliphatic heterocycles. The number of amides is 1. The number of H-pyrrole nitrogens is 1. The topological polar surface area (TPSA) is 80.7 Å². The van der Waals surface area contributed by atoms with E-state index in [4.69, 9.17) is 4.99 Å². The fourth-order valence-corrected chi connectivity index (χ4v) is 4.82. The van der Waals surface area contributed by atoms with Crippen LogP contribution in [0.2, 0.25) is 0 Å². The van der Waals surface area contributed by atoms with Crippen LogP contribution in [-0.2, 0) is 11.3 Å². The Kier molecular flexibility index (Phi) is 7.75. The summed E-state index contributed by atoms with van der Waals surface area (Å²) < 4.78 is 38.3. The zero-order chi connectivity index (χ0) is 28.3. The largest absolute Gasteiger partial charge is 0.494 e. The maximum absolute atomic E-state index is 12.8. The quantitative estimate of drug-likeness (QED) is 0.171. The van der Waals surface area contributed by atoms with Gasteiger partial charge in [-0.3, -0.25) is 9.69 Å². The Morgan fingerprint density at radius 2 is 1.75 bits per heavy atom. The van der Waals surface area contributed by atoms with Gasteiger partial charge in [0.2, 0.25) is 5.91 Å². The van der Waals surface area contributed by atoms with Crippen LogP contribution in [0.25, 0.3) is 10.9 Å². The van der Waals surface area contributed by atoms with Crippen LogP contribution in [0.5, 0.6) is 5.88 Å². The summed E-state index contributed by atoms with van der Waals surface area (Å²) in [7, 11) is 0. The number of anilines is 1. The molecule has 206 valence electrons. The lowest BCUT2D eigenvalue weighted by atomic mass is 10.0. The SMILES string of the molecule is C/C(=C\C(=O)Nc1ccc2c(C(=Nc3ccc(CN4CCCC4)cc3)c3ccccc3)c(O)[nH]c2c1)C(F)(F)F. The normalized spacial score (nSPS) is 15.1. The first-order chi connectivity index (χ1) is 19.2. The molecule has 0 aliphatic carbocycles. The van der Waals surface area contributed by atoms with Crippen molar-refractivity contribution in [2.75, 3.05) is 18.4 Å². The zero-order valence-corrected chi connectivity index (χ0v) is 21.9. The number of hydrogen-bond donors (Lipinski definition) is 3. The first kappa shape index (κ1) is 27.2. The van der Waals surface area contributed by atoms with Crippen molar-refractivity contribution in [3.05, 3.63) is 101 Å². The van der Waals surface area contributed by atoms with Crippen molar-refractivity contribution in [1.29, 1.82) is 0 Å². The maximum atomic E-state index is 12.8. The summed E-state index contributed by atoms with van der Waals surface area (Å²) in [5.74, 6) is -1.01. The lowest BCUT2D eigenvalue weighted by Crippen LogP contribution is -2.18.